The molecule has 0 aliphatic heterocycles. The highest BCUT2D eigenvalue weighted by Crippen LogP contribution is 2.18. The van der Waals surface area contributed by atoms with Crippen LogP contribution in [0.25, 0.3) is 10.8 Å². The van der Waals surface area contributed by atoms with Gasteiger partial charge in [0.25, 0.3) is 0 Å². The number of rotatable bonds is 4. The van der Waals surface area contributed by atoms with Crippen molar-refractivity contribution in [2.24, 2.45) is 0 Å². The summed E-state index contributed by atoms with van der Waals surface area (Å²) in [6, 6.07) is 17.6. The standard InChI is InChI=1S/C18H17N3O/c22-18(20-11-9-14-4-3-10-19-13-14)21-17-8-7-15-5-1-2-6-16(15)12-17/h1-8,10,12-13H,9,11H2,(H2,20,21,22). The lowest BCUT2D eigenvalue weighted by atomic mass is 10.1. The normalized spacial score (nSPS) is 10.4. The van der Waals surface area contributed by atoms with Gasteiger partial charge in [-0.3, -0.25) is 4.98 Å². The van der Waals surface area contributed by atoms with Gasteiger partial charge in [-0.15, -0.1) is 0 Å². The van der Waals surface area contributed by atoms with Crippen LogP contribution in [0.5, 0.6) is 0 Å². The summed E-state index contributed by atoms with van der Waals surface area (Å²) in [7, 11) is 0. The second-order valence-electron chi connectivity index (χ2n) is 5.05. The van der Waals surface area contributed by atoms with Crippen LogP contribution in [0.1, 0.15) is 5.56 Å². The number of urea groups is 1. The molecule has 0 atom stereocenters. The summed E-state index contributed by atoms with van der Waals surface area (Å²) >= 11 is 0. The molecule has 2 N–H and O–H groups in total. The van der Waals surface area contributed by atoms with Gasteiger partial charge in [0.05, 0.1) is 0 Å². The number of benzene rings is 2. The molecule has 4 heteroatoms. The molecule has 0 saturated heterocycles. The fourth-order valence-corrected chi connectivity index (χ4v) is 2.31. The molecule has 1 heterocycles. The molecule has 0 aliphatic carbocycles. The van der Waals surface area contributed by atoms with Crippen molar-refractivity contribution >= 4 is 22.5 Å². The van der Waals surface area contributed by atoms with Crippen molar-refractivity contribution in [2.75, 3.05) is 11.9 Å². The van der Waals surface area contributed by atoms with Gasteiger partial charge in [0.2, 0.25) is 0 Å². The molecule has 110 valence electrons. The number of carbonyl (C=O) groups excluding carboxylic acids is 1. The highest BCUT2D eigenvalue weighted by Gasteiger charge is 2.02. The first-order valence-corrected chi connectivity index (χ1v) is 7.24. The van der Waals surface area contributed by atoms with Crippen LogP contribution in [0.4, 0.5) is 10.5 Å². The molecule has 1 aromatic heterocycles. The van der Waals surface area contributed by atoms with Crippen LogP contribution in [0.15, 0.2) is 67.0 Å². The van der Waals surface area contributed by atoms with Crippen LogP contribution in [0.2, 0.25) is 0 Å². The Morgan fingerprint density at radius 1 is 1.00 bits per heavy atom. The van der Waals surface area contributed by atoms with E-state index < -0.39 is 0 Å². The number of carbonyl (C=O) groups is 1. The third-order valence-corrected chi connectivity index (χ3v) is 3.43. The number of nitrogens with zero attached hydrogens (tertiary/aromatic N) is 1. The lowest BCUT2D eigenvalue weighted by Crippen LogP contribution is -2.30. The predicted octanol–water partition coefficient (Wildman–Crippen LogP) is 3.60. The molecule has 2 aromatic carbocycles. The molecule has 0 unspecified atom stereocenters. The summed E-state index contributed by atoms with van der Waals surface area (Å²) < 4.78 is 0. The van der Waals surface area contributed by atoms with Gasteiger partial charge in [-0.1, -0.05) is 36.4 Å². The predicted molar refractivity (Wildman–Crippen MR) is 88.9 cm³/mol. The van der Waals surface area contributed by atoms with Crippen LogP contribution >= 0.6 is 0 Å². The number of nitrogens with one attached hydrogen (secondary N) is 2. The van der Waals surface area contributed by atoms with Gasteiger partial charge >= 0.3 is 6.03 Å². The topological polar surface area (TPSA) is 54.0 Å². The summed E-state index contributed by atoms with van der Waals surface area (Å²) in [5.41, 5.74) is 1.89. The van der Waals surface area contributed by atoms with Gasteiger partial charge < -0.3 is 10.6 Å². The van der Waals surface area contributed by atoms with E-state index in [9.17, 15) is 4.79 Å². The zero-order valence-corrected chi connectivity index (χ0v) is 12.1. The van der Waals surface area contributed by atoms with Gasteiger partial charge in [0.15, 0.2) is 0 Å². The first kappa shape index (κ1) is 14.1. The van der Waals surface area contributed by atoms with Crippen LogP contribution in [0.3, 0.4) is 0 Å². The van der Waals surface area contributed by atoms with Crippen molar-refractivity contribution in [3.8, 4) is 0 Å². The number of aromatic nitrogens is 1. The van der Waals surface area contributed by atoms with E-state index in [0.29, 0.717) is 6.54 Å². The Balaban J connectivity index is 1.54. The van der Waals surface area contributed by atoms with Crippen LogP contribution in [-0.4, -0.2) is 17.6 Å². The van der Waals surface area contributed by atoms with Crippen molar-refractivity contribution in [3.05, 3.63) is 72.6 Å². The van der Waals surface area contributed by atoms with E-state index in [-0.39, 0.29) is 6.03 Å². The summed E-state index contributed by atoms with van der Waals surface area (Å²) in [6.07, 6.45) is 4.31. The van der Waals surface area contributed by atoms with Crippen molar-refractivity contribution < 1.29 is 4.79 Å². The first-order valence-electron chi connectivity index (χ1n) is 7.24. The lowest BCUT2D eigenvalue weighted by Gasteiger charge is -2.08. The molecule has 2 amide bonds. The molecule has 0 spiro atoms. The molecule has 0 radical (unpaired) electrons. The Hall–Kier alpha value is -2.88. The van der Waals surface area contributed by atoms with E-state index in [4.69, 9.17) is 0 Å². The summed E-state index contributed by atoms with van der Waals surface area (Å²) in [6.45, 7) is 0.575. The third kappa shape index (κ3) is 3.61. The van der Waals surface area contributed by atoms with Crippen molar-refractivity contribution in [1.29, 1.82) is 0 Å². The van der Waals surface area contributed by atoms with E-state index in [0.717, 1.165) is 28.4 Å². The van der Waals surface area contributed by atoms with Crippen LogP contribution < -0.4 is 10.6 Å². The average Bonchev–Trinajstić information content (AvgIpc) is 2.56. The Kier molecular flexibility index (Phi) is 4.30. The Morgan fingerprint density at radius 3 is 2.68 bits per heavy atom. The minimum absolute atomic E-state index is 0.195. The number of hydrogen-bond donors (Lipinski definition) is 2. The fourth-order valence-electron chi connectivity index (χ4n) is 2.31. The van der Waals surface area contributed by atoms with Gasteiger partial charge in [0, 0.05) is 24.6 Å². The molecule has 0 aliphatic rings. The van der Waals surface area contributed by atoms with E-state index >= 15 is 0 Å². The number of fused-ring (bicyclic) bond motifs is 1. The minimum Gasteiger partial charge on any atom is -0.338 e. The lowest BCUT2D eigenvalue weighted by molar-refractivity contribution is 0.252. The van der Waals surface area contributed by atoms with Gasteiger partial charge in [0.1, 0.15) is 0 Å². The zero-order chi connectivity index (χ0) is 15.2. The summed E-state index contributed by atoms with van der Waals surface area (Å²) in [5.74, 6) is 0. The highest BCUT2D eigenvalue weighted by atomic mass is 16.2. The van der Waals surface area contributed by atoms with Crippen LogP contribution in [0, 0.1) is 0 Å². The molecular weight excluding hydrogens is 274 g/mol. The molecule has 0 saturated carbocycles. The smallest absolute Gasteiger partial charge is 0.319 e. The number of hydrogen-bond acceptors (Lipinski definition) is 2. The number of amides is 2. The highest BCUT2D eigenvalue weighted by molar-refractivity contribution is 5.93. The van der Waals surface area contributed by atoms with E-state index in [1.807, 2.05) is 60.8 Å². The maximum absolute atomic E-state index is 11.9. The van der Waals surface area contributed by atoms with E-state index in [1.165, 1.54) is 0 Å². The number of pyridine rings is 1. The molecule has 0 fully saturated rings. The van der Waals surface area contributed by atoms with Crippen molar-refractivity contribution in [3.63, 3.8) is 0 Å². The molecule has 0 bridgehead atoms. The second-order valence-corrected chi connectivity index (χ2v) is 5.05. The summed E-state index contributed by atoms with van der Waals surface area (Å²) in [5, 5.41) is 7.97. The average molecular weight is 291 g/mol. The van der Waals surface area contributed by atoms with Gasteiger partial charge in [-0.25, -0.2) is 4.79 Å². The Bertz CT molecular complexity index is 771. The number of anilines is 1. The van der Waals surface area contributed by atoms with Crippen molar-refractivity contribution in [1.82, 2.24) is 10.3 Å². The fraction of sp³-hybridized carbons (Fsp3) is 0.111. The molecule has 22 heavy (non-hydrogen) atoms. The van der Waals surface area contributed by atoms with Gasteiger partial charge in [-0.05, 0) is 41.0 Å². The SMILES string of the molecule is O=C(NCCc1cccnc1)Nc1ccc2ccccc2c1. The maximum Gasteiger partial charge on any atom is 0.319 e. The van der Waals surface area contributed by atoms with Crippen LogP contribution in [-0.2, 0) is 6.42 Å². The van der Waals surface area contributed by atoms with Crippen molar-refractivity contribution in [2.45, 2.75) is 6.42 Å². The molecule has 3 aromatic rings. The summed E-state index contributed by atoms with van der Waals surface area (Å²) in [4.78, 5) is 16.0. The van der Waals surface area contributed by atoms with E-state index in [2.05, 4.69) is 15.6 Å². The van der Waals surface area contributed by atoms with Gasteiger partial charge in [-0.2, -0.15) is 0 Å². The monoisotopic (exact) mass is 291 g/mol. The first-order chi connectivity index (χ1) is 10.8. The minimum atomic E-state index is -0.195. The van der Waals surface area contributed by atoms with E-state index in [1.54, 1.807) is 6.20 Å². The molecular formula is C18H17N3O. The maximum atomic E-state index is 11.9. The second kappa shape index (κ2) is 6.72. The largest absolute Gasteiger partial charge is 0.338 e. The third-order valence-electron chi connectivity index (χ3n) is 3.43. The molecule has 4 nitrogen and oxygen atoms in total. The zero-order valence-electron chi connectivity index (χ0n) is 12.1. The Morgan fingerprint density at radius 2 is 1.86 bits per heavy atom. The Labute approximate surface area is 129 Å². The quantitative estimate of drug-likeness (QED) is 0.771. The molecule has 3 rings (SSSR count).